The average molecular weight is 1750 g/mol. The molecule has 0 saturated carbocycles. The molecule has 0 fully saturated rings. The van der Waals surface area contributed by atoms with Crippen molar-refractivity contribution in [3.8, 4) is 23.0 Å². The molecule has 4 amide bonds. The SMILES string of the molecule is CC(C)(C)c1cc2c(OCC(=O)Nc3ccc4ccc5cccc6ccc3c4c56)c(c1)Sc1cc(C(C)(C)C)cc(c1OCC(=O)Nc1ccc3ccc4cccc5ccc1c3c45)Sc1cc(C(C)(C)C)cc(c1OCC(=O)Nc1ccc3ccc4cccc5ccc1c3c45)Sc1cc(C(C)(C)C)cc(c1OCC(=O)Nc1ccc3ccc4cccc5ccc1c3c45)S2. The number of carbonyl (C=O) groups excluding carboxylic acids is 4. The third-order valence-electron chi connectivity index (χ3n) is 25.0. The van der Waals surface area contributed by atoms with Gasteiger partial charge in [0.15, 0.2) is 26.4 Å². The number of anilines is 4. The van der Waals surface area contributed by atoms with E-state index in [-0.39, 0.29) is 23.6 Å². The van der Waals surface area contributed by atoms with Crippen LogP contribution in [0.1, 0.15) is 105 Å². The maximum atomic E-state index is 15.4. The van der Waals surface area contributed by atoms with Crippen LogP contribution >= 0.6 is 47.0 Å². The van der Waals surface area contributed by atoms with Crippen molar-refractivity contribution in [2.45, 2.75) is 144 Å². The molecular formula is C112H92N4O8S4. The van der Waals surface area contributed by atoms with Crippen molar-refractivity contribution >= 4 is 223 Å². The molecule has 128 heavy (non-hydrogen) atoms. The van der Waals surface area contributed by atoms with Crippen LogP contribution in [0.2, 0.25) is 0 Å². The van der Waals surface area contributed by atoms with E-state index in [0.29, 0.717) is 84.9 Å². The number of carbonyl (C=O) groups is 4. The first-order valence-corrected chi connectivity index (χ1v) is 46.6. The molecule has 0 atom stereocenters. The summed E-state index contributed by atoms with van der Waals surface area (Å²) in [5.41, 5.74) is 4.45. The summed E-state index contributed by atoms with van der Waals surface area (Å²) in [6, 6.07) is 92.5. The van der Waals surface area contributed by atoms with Crippen molar-refractivity contribution in [3.63, 3.8) is 0 Å². The quantitative estimate of drug-likeness (QED) is 0.0681. The van der Waals surface area contributed by atoms with E-state index in [4.69, 9.17) is 18.9 Å². The highest BCUT2D eigenvalue weighted by molar-refractivity contribution is 8.01. The van der Waals surface area contributed by atoms with Crippen LogP contribution in [0.3, 0.4) is 0 Å². The summed E-state index contributed by atoms with van der Waals surface area (Å²) in [7, 11) is 0. The van der Waals surface area contributed by atoms with Crippen LogP contribution in [0, 0.1) is 0 Å². The second-order valence-electron chi connectivity index (χ2n) is 37.8. The summed E-state index contributed by atoms with van der Waals surface area (Å²) in [6.45, 7) is 24.6. The van der Waals surface area contributed by atoms with Gasteiger partial charge >= 0.3 is 0 Å². The van der Waals surface area contributed by atoms with Gasteiger partial charge in [-0.2, -0.15) is 0 Å². The van der Waals surface area contributed by atoms with Gasteiger partial charge in [-0.15, -0.1) is 0 Å². The van der Waals surface area contributed by atoms with Gasteiger partial charge in [0.25, 0.3) is 23.6 Å². The number of ether oxygens (including phenoxy) is 4. The third kappa shape index (κ3) is 15.1. The van der Waals surface area contributed by atoms with E-state index in [1.807, 2.05) is 24.3 Å². The molecule has 0 spiro atoms. The number of fused-ring (bicyclic) bond motifs is 8. The molecule has 1 aliphatic rings. The van der Waals surface area contributed by atoms with Gasteiger partial charge in [-0.1, -0.05) is 324 Å². The maximum Gasteiger partial charge on any atom is 0.262 e. The molecular weight excluding hydrogens is 1660 g/mol. The highest BCUT2D eigenvalue weighted by Crippen LogP contribution is 2.58. The molecule has 0 aromatic heterocycles. The Morgan fingerprint density at radius 2 is 0.375 bits per heavy atom. The monoisotopic (exact) mass is 1750 g/mol. The normalized spacial score (nSPS) is 13.0. The Hall–Kier alpha value is -13.0. The first kappa shape index (κ1) is 82.0. The second-order valence-corrected chi connectivity index (χ2v) is 42.2. The van der Waals surface area contributed by atoms with Gasteiger partial charge in [0.05, 0.1) is 39.2 Å². The molecule has 0 unspecified atom stereocenters. The van der Waals surface area contributed by atoms with E-state index in [2.05, 4.69) is 347 Å². The summed E-state index contributed by atoms with van der Waals surface area (Å²) in [4.78, 5) is 66.8. The van der Waals surface area contributed by atoms with Crippen LogP contribution < -0.4 is 40.2 Å². The lowest BCUT2D eigenvalue weighted by molar-refractivity contribution is -0.118. The second kappa shape index (κ2) is 31.5. The average Bonchev–Trinajstić information content (AvgIpc) is 0.748. The van der Waals surface area contributed by atoms with Gasteiger partial charge in [0, 0.05) is 44.3 Å². The minimum absolute atomic E-state index is 0.381. The predicted octanol–water partition coefficient (Wildman–Crippen LogP) is 29.5. The lowest BCUT2D eigenvalue weighted by Gasteiger charge is -2.28. The van der Waals surface area contributed by atoms with E-state index < -0.39 is 48.1 Å². The fourth-order valence-electron chi connectivity index (χ4n) is 18.4. The molecule has 0 aliphatic carbocycles. The lowest BCUT2D eigenvalue weighted by Crippen LogP contribution is -2.22. The summed E-state index contributed by atoms with van der Waals surface area (Å²) in [5, 5.41) is 38.8. The van der Waals surface area contributed by atoms with Crippen LogP contribution in [0.25, 0.3) is 129 Å². The predicted molar refractivity (Wildman–Crippen MR) is 534 cm³/mol. The lowest BCUT2D eigenvalue weighted by atomic mass is 9.87. The highest BCUT2D eigenvalue weighted by Gasteiger charge is 2.33. The van der Waals surface area contributed by atoms with E-state index in [1.165, 1.54) is 47.0 Å². The molecule has 21 rings (SSSR count). The van der Waals surface area contributed by atoms with Crippen molar-refractivity contribution in [3.05, 3.63) is 289 Å². The first-order chi connectivity index (χ1) is 61.5. The molecule has 16 heteroatoms. The summed E-state index contributed by atoms with van der Waals surface area (Å²) < 4.78 is 29.4. The summed E-state index contributed by atoms with van der Waals surface area (Å²) in [6.07, 6.45) is 0. The molecule has 0 saturated heterocycles. The fraction of sp³-hybridized carbons (Fsp3) is 0.179. The number of hydrogen-bond donors (Lipinski definition) is 4. The molecule has 20 aromatic carbocycles. The largest absolute Gasteiger partial charge is 0.481 e. The molecule has 8 bridgehead atoms. The molecule has 632 valence electrons. The van der Waals surface area contributed by atoms with Crippen LogP contribution in [0.5, 0.6) is 23.0 Å². The van der Waals surface area contributed by atoms with Crippen molar-refractivity contribution in [1.82, 2.24) is 0 Å². The standard InChI is InChI=1S/C112H92N4O8S4/c1-109(2,3)73-49-85-105(121-57-93(117)113-81-45-37-69-29-25-61-17-13-21-65-33-41-77(81)101(69)97(61)65)86(50-73)126-88-52-75(111(7,8)9)54-90(107(88)123-59-95(119)115-83-47-39-71-31-27-63-19-15-23-67-35-43-79(83)103(71)99(63)67)128-92-56-76(112(10,11)12)55-91(108(92)124-60-96(120)116-84-48-40-72-32-28-64-20-16-24-68-36-44-80(84)104(72)100(64)68)127-89-53-74(110(4,5)6)51-87(125-85)106(89)122-58-94(118)114-82-46-38-70-30-26-62-18-14-22-66-34-42-78(82)102(70)98(62)66/h13-56H,57-60H2,1-12H3,(H,113,117)(H,114,118)(H,115,119)(H,116,120). The molecule has 20 aromatic rings. The maximum absolute atomic E-state index is 15.4. The van der Waals surface area contributed by atoms with Gasteiger partial charge in [-0.3, -0.25) is 19.2 Å². The Morgan fingerprint density at radius 1 is 0.219 bits per heavy atom. The highest BCUT2D eigenvalue weighted by atomic mass is 32.2. The summed E-state index contributed by atoms with van der Waals surface area (Å²) in [5.74, 6) is 0.0993. The van der Waals surface area contributed by atoms with Gasteiger partial charge in [0.2, 0.25) is 0 Å². The first-order valence-electron chi connectivity index (χ1n) is 43.4. The fourth-order valence-corrected chi connectivity index (χ4v) is 23.1. The molecule has 0 radical (unpaired) electrons. The van der Waals surface area contributed by atoms with Gasteiger partial charge in [0.1, 0.15) is 23.0 Å². The van der Waals surface area contributed by atoms with E-state index in [1.54, 1.807) is 0 Å². The molecule has 12 nitrogen and oxygen atoms in total. The van der Waals surface area contributed by atoms with Gasteiger partial charge in [-0.05, 0) is 224 Å². The van der Waals surface area contributed by atoms with Crippen LogP contribution in [0.4, 0.5) is 22.7 Å². The number of hydrogen-bond acceptors (Lipinski definition) is 12. The Bertz CT molecular complexity index is 6900. The smallest absolute Gasteiger partial charge is 0.262 e. The number of benzene rings is 20. The Morgan fingerprint density at radius 3 is 0.547 bits per heavy atom. The van der Waals surface area contributed by atoms with E-state index in [0.717, 1.165) is 152 Å². The molecule has 1 heterocycles. The molecule has 1 aliphatic heterocycles. The summed E-state index contributed by atoms with van der Waals surface area (Å²) >= 11 is 5.74. The third-order valence-corrected chi connectivity index (χ3v) is 29.2. The van der Waals surface area contributed by atoms with Crippen LogP contribution in [-0.2, 0) is 40.8 Å². The van der Waals surface area contributed by atoms with Crippen molar-refractivity contribution in [2.75, 3.05) is 47.7 Å². The minimum atomic E-state index is -0.493. The number of nitrogens with one attached hydrogen (secondary N) is 4. The van der Waals surface area contributed by atoms with Gasteiger partial charge < -0.3 is 40.2 Å². The van der Waals surface area contributed by atoms with E-state index in [9.17, 15) is 0 Å². The van der Waals surface area contributed by atoms with Crippen molar-refractivity contribution < 1.29 is 38.1 Å². The molecule has 4 N–H and O–H groups in total. The zero-order valence-corrected chi connectivity index (χ0v) is 76.4. The van der Waals surface area contributed by atoms with Gasteiger partial charge in [-0.25, -0.2) is 0 Å². The number of amides is 4. The van der Waals surface area contributed by atoms with Crippen molar-refractivity contribution in [1.29, 1.82) is 0 Å². The Balaban J connectivity index is 0.742. The minimum Gasteiger partial charge on any atom is -0.481 e. The zero-order valence-electron chi connectivity index (χ0n) is 73.1. The Kier molecular flexibility index (Phi) is 20.2. The zero-order chi connectivity index (χ0) is 88.1. The van der Waals surface area contributed by atoms with E-state index >= 15 is 19.2 Å². The Labute approximate surface area is 758 Å². The topological polar surface area (TPSA) is 153 Å². The number of rotatable bonds is 16. The van der Waals surface area contributed by atoms with Crippen molar-refractivity contribution in [2.24, 2.45) is 0 Å². The van der Waals surface area contributed by atoms with Crippen LogP contribution in [-0.4, -0.2) is 50.1 Å². The van der Waals surface area contributed by atoms with Crippen LogP contribution in [0.15, 0.2) is 306 Å².